The summed E-state index contributed by atoms with van der Waals surface area (Å²) >= 11 is 3.24. The quantitative estimate of drug-likeness (QED) is 0.733. The van der Waals surface area contributed by atoms with E-state index >= 15 is 0 Å². The molecule has 0 fully saturated rings. The number of benzene rings is 1. The summed E-state index contributed by atoms with van der Waals surface area (Å²) in [6, 6.07) is 3.45. The van der Waals surface area contributed by atoms with Gasteiger partial charge >= 0.3 is 0 Å². The highest BCUT2D eigenvalue weighted by Crippen LogP contribution is 2.41. The third-order valence-corrected chi connectivity index (χ3v) is 2.82. The molecule has 0 aliphatic carbocycles. The molecule has 13 heavy (non-hydrogen) atoms. The third-order valence-electron chi connectivity index (χ3n) is 2.19. The lowest BCUT2D eigenvalue weighted by molar-refractivity contribution is 0.263. The van der Waals surface area contributed by atoms with E-state index in [1.54, 1.807) is 6.07 Å². The molecule has 3 N–H and O–H groups in total. The first-order valence-corrected chi connectivity index (χ1v) is 4.89. The van der Waals surface area contributed by atoms with Crippen LogP contribution in [-0.2, 0) is 0 Å². The van der Waals surface area contributed by atoms with Gasteiger partial charge in [-0.1, -0.05) is 0 Å². The maximum atomic E-state index is 9.71. The summed E-state index contributed by atoms with van der Waals surface area (Å²) in [7, 11) is 0. The zero-order valence-electron chi connectivity index (χ0n) is 6.96. The van der Waals surface area contributed by atoms with E-state index in [0.29, 0.717) is 22.4 Å². The molecular weight excluding hydrogens is 234 g/mol. The van der Waals surface area contributed by atoms with Gasteiger partial charge in [0, 0.05) is 12.5 Å². The minimum absolute atomic E-state index is 0.124. The third kappa shape index (κ3) is 1.40. The number of ether oxygens (including phenoxy) is 1. The van der Waals surface area contributed by atoms with Crippen molar-refractivity contribution in [3.8, 4) is 11.5 Å². The number of hydrogen-bond acceptors (Lipinski definition) is 3. The maximum absolute atomic E-state index is 9.71. The van der Waals surface area contributed by atoms with Crippen molar-refractivity contribution in [3.63, 3.8) is 0 Å². The van der Waals surface area contributed by atoms with Crippen LogP contribution in [0.15, 0.2) is 16.6 Å². The Morgan fingerprint density at radius 2 is 2.31 bits per heavy atom. The van der Waals surface area contributed by atoms with Crippen molar-refractivity contribution in [1.82, 2.24) is 0 Å². The SMILES string of the molecule is N[C@H]1CCOc2ccc(Br)c(O)c21. The summed E-state index contributed by atoms with van der Waals surface area (Å²) < 4.78 is 6.03. The average Bonchev–Trinajstić information content (AvgIpc) is 2.12. The van der Waals surface area contributed by atoms with E-state index < -0.39 is 0 Å². The molecular formula is C9H10BrNO2. The van der Waals surface area contributed by atoms with Crippen LogP contribution in [0.2, 0.25) is 0 Å². The predicted molar refractivity (Wildman–Crippen MR) is 52.8 cm³/mol. The van der Waals surface area contributed by atoms with Gasteiger partial charge in [0.1, 0.15) is 11.5 Å². The Balaban J connectivity index is 2.58. The molecule has 70 valence electrons. The topological polar surface area (TPSA) is 55.5 Å². The molecule has 1 aromatic carbocycles. The van der Waals surface area contributed by atoms with Crippen LogP contribution in [0.1, 0.15) is 18.0 Å². The number of phenolic OH excluding ortho intramolecular Hbond substituents is 1. The van der Waals surface area contributed by atoms with Gasteiger partial charge in [-0.15, -0.1) is 0 Å². The average molecular weight is 244 g/mol. The largest absolute Gasteiger partial charge is 0.506 e. The van der Waals surface area contributed by atoms with Crippen molar-refractivity contribution in [3.05, 3.63) is 22.2 Å². The second-order valence-electron chi connectivity index (χ2n) is 3.05. The molecule has 0 amide bonds. The Labute approximate surface area is 84.6 Å². The van der Waals surface area contributed by atoms with Crippen LogP contribution in [0, 0.1) is 0 Å². The summed E-state index contributed by atoms with van der Waals surface area (Å²) in [6.45, 7) is 0.620. The van der Waals surface area contributed by atoms with Gasteiger partial charge < -0.3 is 15.6 Å². The van der Waals surface area contributed by atoms with Crippen LogP contribution >= 0.6 is 15.9 Å². The minimum Gasteiger partial charge on any atom is -0.506 e. The van der Waals surface area contributed by atoms with Crippen molar-refractivity contribution >= 4 is 15.9 Å². The standard InChI is InChI=1S/C9H10BrNO2/c10-5-1-2-7-8(9(5)12)6(11)3-4-13-7/h1-2,6,12H,3-4,11H2/t6-/m0/s1. The Kier molecular flexibility index (Phi) is 2.17. The van der Waals surface area contributed by atoms with E-state index in [-0.39, 0.29) is 11.8 Å². The smallest absolute Gasteiger partial charge is 0.138 e. The van der Waals surface area contributed by atoms with Crippen LogP contribution in [-0.4, -0.2) is 11.7 Å². The van der Waals surface area contributed by atoms with E-state index in [2.05, 4.69) is 15.9 Å². The molecule has 1 atom stereocenters. The first-order valence-electron chi connectivity index (χ1n) is 4.10. The lowest BCUT2D eigenvalue weighted by atomic mass is 10.0. The van der Waals surface area contributed by atoms with Crippen LogP contribution in [0.25, 0.3) is 0 Å². The first-order chi connectivity index (χ1) is 6.20. The first kappa shape index (κ1) is 8.84. The fraction of sp³-hybridized carbons (Fsp3) is 0.333. The summed E-state index contributed by atoms with van der Waals surface area (Å²) in [5.74, 6) is 0.893. The van der Waals surface area contributed by atoms with Gasteiger partial charge in [-0.25, -0.2) is 0 Å². The highest BCUT2D eigenvalue weighted by Gasteiger charge is 2.22. The molecule has 0 radical (unpaired) electrons. The normalized spacial score (nSPS) is 20.6. The molecule has 0 unspecified atom stereocenters. The van der Waals surface area contributed by atoms with Crippen molar-refractivity contribution in [2.45, 2.75) is 12.5 Å². The van der Waals surface area contributed by atoms with Crippen molar-refractivity contribution in [2.24, 2.45) is 5.73 Å². The number of fused-ring (bicyclic) bond motifs is 1. The van der Waals surface area contributed by atoms with Crippen LogP contribution in [0.4, 0.5) is 0 Å². The molecule has 0 bridgehead atoms. The lowest BCUT2D eigenvalue weighted by Crippen LogP contribution is -2.20. The summed E-state index contributed by atoms with van der Waals surface area (Å²) in [5.41, 5.74) is 6.56. The number of nitrogens with two attached hydrogens (primary N) is 1. The molecule has 1 aliphatic heterocycles. The van der Waals surface area contributed by atoms with E-state index in [9.17, 15) is 5.11 Å². The van der Waals surface area contributed by atoms with Crippen molar-refractivity contribution < 1.29 is 9.84 Å². The zero-order chi connectivity index (χ0) is 9.42. The van der Waals surface area contributed by atoms with E-state index in [0.717, 1.165) is 6.42 Å². The van der Waals surface area contributed by atoms with Crippen LogP contribution < -0.4 is 10.5 Å². The van der Waals surface area contributed by atoms with Gasteiger partial charge in [0.25, 0.3) is 0 Å². The molecule has 1 aromatic rings. The van der Waals surface area contributed by atoms with Crippen LogP contribution in [0.5, 0.6) is 11.5 Å². The van der Waals surface area contributed by atoms with Gasteiger partial charge in [-0.2, -0.15) is 0 Å². The van der Waals surface area contributed by atoms with Gasteiger partial charge in [0.2, 0.25) is 0 Å². The zero-order valence-corrected chi connectivity index (χ0v) is 8.54. The second kappa shape index (κ2) is 3.20. The molecule has 0 aromatic heterocycles. The minimum atomic E-state index is -0.124. The van der Waals surface area contributed by atoms with Gasteiger partial charge in [-0.3, -0.25) is 0 Å². The van der Waals surface area contributed by atoms with Gasteiger partial charge in [0.15, 0.2) is 0 Å². The number of halogens is 1. The Bertz CT molecular complexity index is 341. The molecule has 0 saturated carbocycles. The monoisotopic (exact) mass is 243 g/mol. The number of aromatic hydroxyl groups is 1. The van der Waals surface area contributed by atoms with Gasteiger partial charge in [0.05, 0.1) is 16.6 Å². The highest BCUT2D eigenvalue weighted by molar-refractivity contribution is 9.10. The molecule has 1 aliphatic rings. The molecule has 3 nitrogen and oxygen atoms in total. The Hall–Kier alpha value is -0.740. The summed E-state index contributed by atoms with van der Waals surface area (Å²) in [6.07, 6.45) is 0.747. The number of hydrogen-bond donors (Lipinski definition) is 2. The molecule has 4 heteroatoms. The highest BCUT2D eigenvalue weighted by atomic mass is 79.9. The molecule has 0 spiro atoms. The summed E-state index contributed by atoms with van der Waals surface area (Å²) in [5, 5.41) is 9.71. The number of phenols is 1. The molecule has 1 heterocycles. The Morgan fingerprint density at radius 1 is 1.54 bits per heavy atom. The number of rotatable bonds is 0. The van der Waals surface area contributed by atoms with E-state index in [1.807, 2.05) is 6.07 Å². The lowest BCUT2D eigenvalue weighted by Gasteiger charge is -2.23. The Morgan fingerprint density at radius 3 is 3.08 bits per heavy atom. The van der Waals surface area contributed by atoms with E-state index in [4.69, 9.17) is 10.5 Å². The molecule has 0 saturated heterocycles. The van der Waals surface area contributed by atoms with Crippen LogP contribution in [0.3, 0.4) is 0 Å². The van der Waals surface area contributed by atoms with Crippen molar-refractivity contribution in [1.29, 1.82) is 0 Å². The predicted octanol–water partition coefficient (Wildman–Crippen LogP) is 1.94. The molecule has 2 rings (SSSR count). The summed E-state index contributed by atoms with van der Waals surface area (Å²) in [4.78, 5) is 0. The second-order valence-corrected chi connectivity index (χ2v) is 3.91. The maximum Gasteiger partial charge on any atom is 0.138 e. The van der Waals surface area contributed by atoms with Crippen molar-refractivity contribution in [2.75, 3.05) is 6.61 Å². The van der Waals surface area contributed by atoms with Gasteiger partial charge in [-0.05, 0) is 28.1 Å². The fourth-order valence-electron chi connectivity index (χ4n) is 1.49. The van der Waals surface area contributed by atoms with E-state index in [1.165, 1.54) is 0 Å². The fourth-order valence-corrected chi connectivity index (χ4v) is 1.83.